The Bertz CT molecular complexity index is 451. The molecule has 1 aromatic carbocycles. The van der Waals surface area contributed by atoms with Crippen molar-refractivity contribution in [1.82, 2.24) is 5.32 Å². The number of alkyl halides is 3. The molecule has 0 aromatic heterocycles. The van der Waals surface area contributed by atoms with Gasteiger partial charge in [0.25, 0.3) is 5.91 Å². The maximum Gasteiger partial charge on any atom is 0.419 e. The van der Waals surface area contributed by atoms with Crippen molar-refractivity contribution in [3.63, 3.8) is 0 Å². The molecule has 3 nitrogen and oxygen atoms in total. The first-order chi connectivity index (χ1) is 8.27. The number of halogens is 5. The summed E-state index contributed by atoms with van der Waals surface area (Å²) in [6.07, 6.45) is -4.83. The number of benzene rings is 1. The molecule has 19 heavy (non-hydrogen) atoms. The standard InChI is InChI=1S/C11H12F4N2O.ClH/c1-6(5-16)17-10(18)7-3-2-4-8(9(7)12)11(13,14)15;/h2-4,6H,5,16H2,1H3,(H,17,18);1H/t6-;/m1./s1. The number of nitrogens with one attached hydrogen (secondary N) is 1. The first kappa shape index (κ1) is 17.7. The van der Waals surface area contributed by atoms with Crippen LogP contribution in [0, 0.1) is 5.82 Å². The van der Waals surface area contributed by atoms with Crippen LogP contribution in [0.15, 0.2) is 18.2 Å². The van der Waals surface area contributed by atoms with Crippen molar-refractivity contribution < 1.29 is 22.4 Å². The second-order valence-electron chi connectivity index (χ2n) is 3.78. The summed E-state index contributed by atoms with van der Waals surface area (Å²) in [5.74, 6) is -2.50. The second-order valence-corrected chi connectivity index (χ2v) is 3.78. The van der Waals surface area contributed by atoms with Gasteiger partial charge < -0.3 is 11.1 Å². The fourth-order valence-corrected chi connectivity index (χ4v) is 1.29. The van der Waals surface area contributed by atoms with E-state index in [4.69, 9.17) is 5.73 Å². The molecule has 0 fully saturated rings. The number of carbonyl (C=O) groups is 1. The monoisotopic (exact) mass is 300 g/mol. The highest BCUT2D eigenvalue weighted by Gasteiger charge is 2.35. The molecular formula is C11H13ClF4N2O. The van der Waals surface area contributed by atoms with Gasteiger partial charge in [-0.05, 0) is 19.1 Å². The Labute approximate surface area is 113 Å². The third-order valence-corrected chi connectivity index (χ3v) is 2.28. The third kappa shape index (κ3) is 4.36. The van der Waals surface area contributed by atoms with E-state index in [9.17, 15) is 22.4 Å². The molecule has 0 bridgehead atoms. The predicted octanol–water partition coefficient (Wildman–Crippen LogP) is 2.34. The van der Waals surface area contributed by atoms with Crippen LogP contribution in [0.2, 0.25) is 0 Å². The molecule has 0 unspecified atom stereocenters. The van der Waals surface area contributed by atoms with E-state index in [-0.39, 0.29) is 19.0 Å². The maximum absolute atomic E-state index is 13.6. The molecule has 1 atom stereocenters. The lowest BCUT2D eigenvalue weighted by Crippen LogP contribution is -2.38. The summed E-state index contributed by atoms with van der Waals surface area (Å²) < 4.78 is 50.8. The molecule has 0 saturated heterocycles. The number of hydrogen-bond donors (Lipinski definition) is 2. The molecule has 0 saturated carbocycles. The van der Waals surface area contributed by atoms with Crippen molar-refractivity contribution >= 4 is 18.3 Å². The summed E-state index contributed by atoms with van der Waals surface area (Å²) in [6, 6.07) is 2.10. The maximum atomic E-state index is 13.6. The van der Waals surface area contributed by atoms with E-state index < -0.39 is 35.1 Å². The molecule has 108 valence electrons. The van der Waals surface area contributed by atoms with Gasteiger partial charge in [0.2, 0.25) is 0 Å². The molecule has 1 rings (SSSR count). The van der Waals surface area contributed by atoms with Crippen molar-refractivity contribution in [3.8, 4) is 0 Å². The van der Waals surface area contributed by atoms with Crippen LogP contribution in [-0.4, -0.2) is 18.5 Å². The Morgan fingerprint density at radius 3 is 2.47 bits per heavy atom. The van der Waals surface area contributed by atoms with Gasteiger partial charge in [0, 0.05) is 12.6 Å². The van der Waals surface area contributed by atoms with Crippen molar-refractivity contribution in [2.45, 2.75) is 19.1 Å². The Morgan fingerprint density at radius 1 is 1.42 bits per heavy atom. The van der Waals surface area contributed by atoms with Crippen LogP contribution in [-0.2, 0) is 6.18 Å². The molecule has 8 heteroatoms. The van der Waals surface area contributed by atoms with Crippen molar-refractivity contribution in [2.24, 2.45) is 5.73 Å². The minimum absolute atomic E-state index is 0. The Morgan fingerprint density at radius 2 is 2.00 bits per heavy atom. The van der Waals surface area contributed by atoms with Crippen molar-refractivity contribution in [2.75, 3.05) is 6.54 Å². The summed E-state index contributed by atoms with van der Waals surface area (Å²) in [7, 11) is 0. The van der Waals surface area contributed by atoms with Crippen LogP contribution in [0.1, 0.15) is 22.8 Å². The Hall–Kier alpha value is -1.34. The van der Waals surface area contributed by atoms with Gasteiger partial charge in [-0.25, -0.2) is 4.39 Å². The number of nitrogens with two attached hydrogens (primary N) is 1. The SMILES string of the molecule is C[C@H](CN)NC(=O)c1cccc(C(F)(F)F)c1F.Cl. The second kappa shape index (κ2) is 6.72. The van der Waals surface area contributed by atoms with E-state index in [2.05, 4.69) is 5.32 Å². The third-order valence-electron chi connectivity index (χ3n) is 2.28. The zero-order valence-electron chi connectivity index (χ0n) is 9.92. The van der Waals surface area contributed by atoms with Crippen molar-refractivity contribution in [3.05, 3.63) is 35.1 Å². The van der Waals surface area contributed by atoms with Gasteiger partial charge in [0.15, 0.2) is 0 Å². The fraction of sp³-hybridized carbons (Fsp3) is 0.364. The van der Waals surface area contributed by atoms with E-state index in [0.717, 1.165) is 12.1 Å². The smallest absolute Gasteiger partial charge is 0.348 e. The number of hydrogen-bond acceptors (Lipinski definition) is 2. The van der Waals surface area contributed by atoms with Gasteiger partial charge in [-0.2, -0.15) is 13.2 Å². The average molecular weight is 301 g/mol. The zero-order chi connectivity index (χ0) is 13.9. The number of amides is 1. The highest BCUT2D eigenvalue weighted by Crippen LogP contribution is 2.32. The first-order valence-corrected chi connectivity index (χ1v) is 5.14. The van der Waals surface area contributed by atoms with Crippen molar-refractivity contribution in [1.29, 1.82) is 0 Å². The van der Waals surface area contributed by atoms with E-state index in [0.29, 0.717) is 6.07 Å². The molecule has 0 aliphatic carbocycles. The van der Waals surface area contributed by atoms with Gasteiger partial charge >= 0.3 is 6.18 Å². The quantitative estimate of drug-likeness (QED) is 0.842. The lowest BCUT2D eigenvalue weighted by Gasteiger charge is -2.14. The Kier molecular flexibility index (Phi) is 6.24. The van der Waals surface area contributed by atoms with Crippen LogP contribution >= 0.6 is 12.4 Å². The van der Waals surface area contributed by atoms with E-state index in [1.165, 1.54) is 0 Å². The summed E-state index contributed by atoms with van der Waals surface area (Å²) in [6.45, 7) is 1.66. The van der Waals surface area contributed by atoms with Gasteiger partial charge in [0.05, 0.1) is 11.1 Å². The minimum Gasteiger partial charge on any atom is -0.348 e. The van der Waals surface area contributed by atoms with Gasteiger partial charge in [-0.3, -0.25) is 4.79 Å². The summed E-state index contributed by atoms with van der Waals surface area (Å²) in [4.78, 5) is 11.5. The highest BCUT2D eigenvalue weighted by molar-refractivity contribution is 5.94. The highest BCUT2D eigenvalue weighted by atomic mass is 35.5. The lowest BCUT2D eigenvalue weighted by molar-refractivity contribution is -0.140. The summed E-state index contributed by atoms with van der Waals surface area (Å²) >= 11 is 0. The fourth-order valence-electron chi connectivity index (χ4n) is 1.29. The molecule has 3 N–H and O–H groups in total. The van der Waals surface area contributed by atoms with Crippen LogP contribution < -0.4 is 11.1 Å². The topological polar surface area (TPSA) is 55.1 Å². The molecule has 1 aromatic rings. The predicted molar refractivity (Wildman–Crippen MR) is 64.6 cm³/mol. The average Bonchev–Trinajstić information content (AvgIpc) is 2.27. The molecule has 0 spiro atoms. The Balaban J connectivity index is 0.00000324. The van der Waals surface area contributed by atoms with Gasteiger partial charge in [-0.15, -0.1) is 12.4 Å². The van der Waals surface area contributed by atoms with Crippen LogP contribution in [0.3, 0.4) is 0 Å². The minimum atomic E-state index is -4.83. The molecule has 0 aliphatic rings. The summed E-state index contributed by atoms with van der Waals surface area (Å²) in [5.41, 5.74) is 3.14. The molecular weight excluding hydrogens is 288 g/mol. The first-order valence-electron chi connectivity index (χ1n) is 5.14. The lowest BCUT2D eigenvalue weighted by atomic mass is 10.1. The van der Waals surface area contributed by atoms with Crippen LogP contribution in [0.25, 0.3) is 0 Å². The molecule has 0 aliphatic heterocycles. The normalized spacial score (nSPS) is 12.5. The van der Waals surface area contributed by atoms with Crippen LogP contribution in [0.5, 0.6) is 0 Å². The largest absolute Gasteiger partial charge is 0.419 e. The molecule has 0 radical (unpaired) electrons. The van der Waals surface area contributed by atoms with E-state index in [1.807, 2.05) is 0 Å². The van der Waals surface area contributed by atoms with E-state index >= 15 is 0 Å². The molecule has 1 amide bonds. The van der Waals surface area contributed by atoms with Gasteiger partial charge in [-0.1, -0.05) is 6.07 Å². The zero-order valence-corrected chi connectivity index (χ0v) is 10.7. The number of carbonyl (C=O) groups excluding carboxylic acids is 1. The number of rotatable bonds is 3. The molecule has 0 heterocycles. The summed E-state index contributed by atoms with van der Waals surface area (Å²) in [5, 5.41) is 2.29. The van der Waals surface area contributed by atoms with Crippen LogP contribution in [0.4, 0.5) is 17.6 Å². The van der Waals surface area contributed by atoms with Gasteiger partial charge in [0.1, 0.15) is 5.82 Å². The van der Waals surface area contributed by atoms with E-state index in [1.54, 1.807) is 6.92 Å².